The Morgan fingerprint density at radius 2 is 1.62 bits per heavy atom. The SMILES string of the molecule is CCc1cccc(C)c1NC(=O)c1ccc(CN2CCC(Cc3ccccc3)CC2)cc1. The lowest BCUT2D eigenvalue weighted by Crippen LogP contribution is -2.33. The number of rotatable bonds is 7. The van der Waals surface area contributed by atoms with Gasteiger partial charge in [0.2, 0.25) is 0 Å². The van der Waals surface area contributed by atoms with Gasteiger partial charge in [0.1, 0.15) is 0 Å². The van der Waals surface area contributed by atoms with Crippen LogP contribution in [-0.2, 0) is 19.4 Å². The molecule has 0 unspecified atom stereocenters. The van der Waals surface area contributed by atoms with E-state index in [1.54, 1.807) is 0 Å². The molecule has 1 fully saturated rings. The number of amides is 1. The second kappa shape index (κ2) is 10.6. The minimum atomic E-state index is -0.0396. The normalized spacial score (nSPS) is 14.9. The summed E-state index contributed by atoms with van der Waals surface area (Å²) in [5.74, 6) is 0.747. The number of para-hydroxylation sites is 1. The van der Waals surface area contributed by atoms with Gasteiger partial charge in [-0.15, -0.1) is 0 Å². The van der Waals surface area contributed by atoms with Gasteiger partial charge in [-0.3, -0.25) is 9.69 Å². The molecule has 0 spiro atoms. The zero-order valence-electron chi connectivity index (χ0n) is 19.3. The lowest BCUT2D eigenvalue weighted by atomic mass is 9.90. The van der Waals surface area contributed by atoms with Crippen LogP contribution in [0.25, 0.3) is 0 Å². The quantitative estimate of drug-likeness (QED) is 0.483. The third-order valence-electron chi connectivity index (χ3n) is 6.68. The van der Waals surface area contributed by atoms with Crippen LogP contribution in [0, 0.1) is 12.8 Å². The van der Waals surface area contributed by atoms with E-state index in [4.69, 9.17) is 0 Å². The van der Waals surface area contributed by atoms with Gasteiger partial charge in [-0.25, -0.2) is 0 Å². The molecule has 0 saturated carbocycles. The van der Waals surface area contributed by atoms with Gasteiger partial charge in [0.15, 0.2) is 0 Å². The van der Waals surface area contributed by atoms with E-state index in [9.17, 15) is 4.79 Å². The Labute approximate surface area is 192 Å². The number of aryl methyl sites for hydroxylation is 2. The summed E-state index contributed by atoms with van der Waals surface area (Å²) >= 11 is 0. The maximum absolute atomic E-state index is 12.8. The van der Waals surface area contributed by atoms with Gasteiger partial charge in [-0.2, -0.15) is 0 Å². The molecule has 32 heavy (non-hydrogen) atoms. The first-order valence-corrected chi connectivity index (χ1v) is 11.9. The van der Waals surface area contributed by atoms with Crippen LogP contribution < -0.4 is 5.32 Å². The van der Waals surface area contributed by atoms with E-state index >= 15 is 0 Å². The molecule has 1 heterocycles. The molecule has 0 atom stereocenters. The molecule has 3 nitrogen and oxygen atoms in total. The van der Waals surface area contributed by atoms with Gasteiger partial charge in [0, 0.05) is 17.8 Å². The molecule has 0 aliphatic carbocycles. The van der Waals surface area contributed by atoms with Gasteiger partial charge in [0.25, 0.3) is 5.91 Å². The third kappa shape index (κ3) is 5.66. The molecule has 3 aromatic carbocycles. The average molecular weight is 427 g/mol. The maximum atomic E-state index is 12.8. The molecule has 1 aliphatic heterocycles. The second-order valence-electron chi connectivity index (χ2n) is 9.02. The van der Waals surface area contributed by atoms with Crippen LogP contribution in [-0.4, -0.2) is 23.9 Å². The van der Waals surface area contributed by atoms with Gasteiger partial charge >= 0.3 is 0 Å². The van der Waals surface area contributed by atoms with Crippen molar-refractivity contribution in [2.75, 3.05) is 18.4 Å². The van der Waals surface area contributed by atoms with E-state index < -0.39 is 0 Å². The summed E-state index contributed by atoms with van der Waals surface area (Å²) in [4.78, 5) is 15.3. The van der Waals surface area contributed by atoms with Crippen molar-refractivity contribution >= 4 is 11.6 Å². The Bertz CT molecular complexity index is 1020. The van der Waals surface area contributed by atoms with Gasteiger partial charge in [0.05, 0.1) is 0 Å². The predicted molar refractivity (Wildman–Crippen MR) is 133 cm³/mol. The Hall–Kier alpha value is -2.91. The number of likely N-dealkylation sites (tertiary alicyclic amines) is 1. The van der Waals surface area contributed by atoms with Gasteiger partial charge < -0.3 is 5.32 Å². The Kier molecular flexibility index (Phi) is 7.39. The molecule has 1 N–H and O–H groups in total. The predicted octanol–water partition coefficient (Wildman–Crippen LogP) is 6.26. The summed E-state index contributed by atoms with van der Waals surface area (Å²) in [6.45, 7) is 7.40. The topological polar surface area (TPSA) is 32.3 Å². The van der Waals surface area contributed by atoms with Crippen LogP contribution in [0.3, 0.4) is 0 Å². The molecule has 3 heteroatoms. The lowest BCUT2D eigenvalue weighted by Gasteiger charge is -2.32. The highest BCUT2D eigenvalue weighted by molar-refractivity contribution is 6.05. The van der Waals surface area contributed by atoms with Crippen molar-refractivity contribution in [1.82, 2.24) is 4.90 Å². The fraction of sp³-hybridized carbons (Fsp3) is 0.345. The minimum Gasteiger partial charge on any atom is -0.321 e. The van der Waals surface area contributed by atoms with Crippen LogP contribution in [0.2, 0.25) is 0 Å². The summed E-state index contributed by atoms with van der Waals surface area (Å²) < 4.78 is 0. The number of hydrogen-bond acceptors (Lipinski definition) is 2. The molecular formula is C29H34N2O. The summed E-state index contributed by atoms with van der Waals surface area (Å²) in [6.07, 6.45) is 4.61. The first kappa shape index (κ1) is 22.3. The average Bonchev–Trinajstić information content (AvgIpc) is 2.83. The van der Waals surface area contributed by atoms with E-state index in [2.05, 4.69) is 65.7 Å². The monoisotopic (exact) mass is 426 g/mol. The van der Waals surface area contributed by atoms with Crippen molar-refractivity contribution in [1.29, 1.82) is 0 Å². The number of carbonyl (C=O) groups is 1. The maximum Gasteiger partial charge on any atom is 0.255 e. The number of piperidine rings is 1. The van der Waals surface area contributed by atoms with Crippen molar-refractivity contribution in [3.05, 3.63) is 101 Å². The zero-order chi connectivity index (χ0) is 22.3. The standard InChI is InChI=1S/C29H34N2O/c1-3-26-11-7-8-22(2)28(26)30-29(32)27-14-12-25(13-15-27)21-31-18-16-24(17-19-31)20-23-9-5-4-6-10-23/h4-15,24H,3,16-21H2,1-2H3,(H,30,32). The Morgan fingerprint density at radius 1 is 0.906 bits per heavy atom. The molecule has 1 amide bonds. The van der Waals surface area contributed by atoms with Crippen LogP contribution in [0.15, 0.2) is 72.8 Å². The number of benzene rings is 3. The van der Waals surface area contributed by atoms with Crippen molar-refractivity contribution in [2.24, 2.45) is 5.92 Å². The number of anilines is 1. The Morgan fingerprint density at radius 3 is 2.31 bits per heavy atom. The number of nitrogens with zero attached hydrogens (tertiary/aromatic N) is 1. The smallest absolute Gasteiger partial charge is 0.255 e. The van der Waals surface area contributed by atoms with E-state index in [1.807, 2.05) is 31.2 Å². The van der Waals surface area contributed by atoms with E-state index in [0.717, 1.165) is 43.2 Å². The lowest BCUT2D eigenvalue weighted by molar-refractivity contribution is 0.102. The molecule has 4 rings (SSSR count). The molecule has 1 aliphatic rings. The summed E-state index contributed by atoms with van der Waals surface area (Å²) in [6, 6.07) is 25.1. The minimum absolute atomic E-state index is 0.0396. The zero-order valence-corrected chi connectivity index (χ0v) is 19.3. The second-order valence-corrected chi connectivity index (χ2v) is 9.02. The van der Waals surface area contributed by atoms with E-state index in [0.29, 0.717) is 5.56 Å². The van der Waals surface area contributed by atoms with E-state index in [1.165, 1.54) is 36.0 Å². The highest BCUT2D eigenvalue weighted by atomic mass is 16.1. The van der Waals surface area contributed by atoms with Crippen molar-refractivity contribution < 1.29 is 4.79 Å². The largest absolute Gasteiger partial charge is 0.321 e. The summed E-state index contributed by atoms with van der Waals surface area (Å²) in [7, 11) is 0. The number of nitrogens with one attached hydrogen (secondary N) is 1. The Balaban J connectivity index is 1.29. The van der Waals surface area contributed by atoms with Crippen molar-refractivity contribution in [2.45, 2.75) is 46.1 Å². The van der Waals surface area contributed by atoms with Crippen molar-refractivity contribution in [3.8, 4) is 0 Å². The van der Waals surface area contributed by atoms with Crippen LogP contribution in [0.4, 0.5) is 5.69 Å². The molecular weight excluding hydrogens is 392 g/mol. The highest BCUT2D eigenvalue weighted by Crippen LogP contribution is 2.24. The number of hydrogen-bond donors (Lipinski definition) is 1. The van der Waals surface area contributed by atoms with Crippen LogP contribution >= 0.6 is 0 Å². The molecule has 0 aromatic heterocycles. The fourth-order valence-corrected chi connectivity index (χ4v) is 4.70. The molecule has 166 valence electrons. The number of carbonyl (C=O) groups excluding carboxylic acids is 1. The first-order chi connectivity index (χ1) is 15.6. The third-order valence-corrected chi connectivity index (χ3v) is 6.68. The van der Waals surface area contributed by atoms with Gasteiger partial charge in [-0.05, 0) is 86.0 Å². The summed E-state index contributed by atoms with van der Waals surface area (Å²) in [5.41, 5.74) is 6.66. The van der Waals surface area contributed by atoms with Gasteiger partial charge in [-0.1, -0.05) is 67.6 Å². The van der Waals surface area contributed by atoms with Crippen molar-refractivity contribution in [3.63, 3.8) is 0 Å². The molecule has 3 aromatic rings. The summed E-state index contributed by atoms with van der Waals surface area (Å²) in [5, 5.41) is 3.12. The highest BCUT2D eigenvalue weighted by Gasteiger charge is 2.19. The molecule has 0 radical (unpaired) electrons. The first-order valence-electron chi connectivity index (χ1n) is 11.9. The van der Waals surface area contributed by atoms with Crippen LogP contribution in [0.1, 0.15) is 52.4 Å². The molecule has 1 saturated heterocycles. The fourth-order valence-electron chi connectivity index (χ4n) is 4.70. The van der Waals surface area contributed by atoms with E-state index in [-0.39, 0.29) is 5.91 Å². The molecule has 0 bridgehead atoms. The van der Waals surface area contributed by atoms with Crippen LogP contribution in [0.5, 0.6) is 0 Å².